The Morgan fingerprint density at radius 2 is 1.90 bits per heavy atom. The number of hydrogen-bond acceptors (Lipinski definition) is 5. The van der Waals surface area contributed by atoms with Gasteiger partial charge in [-0.15, -0.1) is 0 Å². The van der Waals surface area contributed by atoms with Crippen LogP contribution < -0.4 is 4.90 Å². The maximum Gasteiger partial charge on any atom is 0.326 e. The predicted octanol–water partition coefficient (Wildman–Crippen LogP) is 3.72. The molecular weight excluding hydrogens is 424 g/mol. The minimum atomic E-state index is -0.677. The predicted molar refractivity (Wildman–Crippen MR) is 112 cm³/mol. The molecule has 0 aliphatic carbocycles. The minimum absolute atomic E-state index is 0.0242. The van der Waals surface area contributed by atoms with Gasteiger partial charge < -0.3 is 4.90 Å². The molecule has 3 heterocycles. The van der Waals surface area contributed by atoms with E-state index in [1.165, 1.54) is 33.3 Å². The fraction of sp³-hybridized carbons (Fsp3) is 0.333. The summed E-state index contributed by atoms with van der Waals surface area (Å²) >= 11 is 1.20. The van der Waals surface area contributed by atoms with Gasteiger partial charge in [0.1, 0.15) is 11.6 Å². The molecule has 0 unspecified atom stereocenters. The highest BCUT2D eigenvalue weighted by atomic mass is 32.1. The SMILES string of the molecule is Cc1nc(N2CCN(Cc3cc(F)cc(F)c3)C2=O)sc1C(=O)CCc1cnn(C)c1. The monoisotopic (exact) mass is 445 g/mol. The maximum absolute atomic E-state index is 13.4. The summed E-state index contributed by atoms with van der Waals surface area (Å²) in [4.78, 5) is 33.5. The van der Waals surface area contributed by atoms with Crippen LogP contribution in [0.2, 0.25) is 0 Å². The molecule has 2 aromatic heterocycles. The molecule has 4 rings (SSSR count). The van der Waals surface area contributed by atoms with Gasteiger partial charge >= 0.3 is 6.03 Å². The molecule has 1 aliphatic heterocycles. The van der Waals surface area contributed by atoms with E-state index >= 15 is 0 Å². The minimum Gasteiger partial charge on any atom is -0.318 e. The Morgan fingerprint density at radius 1 is 1.16 bits per heavy atom. The van der Waals surface area contributed by atoms with Crippen LogP contribution in [-0.4, -0.2) is 44.6 Å². The molecule has 1 aliphatic rings. The van der Waals surface area contributed by atoms with Gasteiger partial charge in [0, 0.05) is 45.4 Å². The highest BCUT2D eigenvalue weighted by Crippen LogP contribution is 2.30. The standard InChI is InChI=1S/C21H21F2N5O2S/c1-13-19(18(29)4-3-14-10-24-26(2)11-14)31-20(25-13)28-6-5-27(21(28)30)12-15-7-16(22)9-17(23)8-15/h7-11H,3-6,12H2,1-2H3. The lowest BCUT2D eigenvalue weighted by Crippen LogP contribution is -2.31. The van der Waals surface area contributed by atoms with Crippen molar-refractivity contribution in [2.24, 2.45) is 7.05 Å². The number of urea groups is 1. The fourth-order valence-electron chi connectivity index (χ4n) is 3.56. The summed E-state index contributed by atoms with van der Waals surface area (Å²) in [6, 6.07) is 2.93. The number of halogens is 2. The van der Waals surface area contributed by atoms with Crippen molar-refractivity contribution in [1.82, 2.24) is 19.7 Å². The van der Waals surface area contributed by atoms with E-state index in [1.807, 2.05) is 13.2 Å². The van der Waals surface area contributed by atoms with Gasteiger partial charge in [-0.3, -0.25) is 14.4 Å². The van der Waals surface area contributed by atoms with Crippen molar-refractivity contribution >= 4 is 28.3 Å². The van der Waals surface area contributed by atoms with Crippen LogP contribution in [0.4, 0.5) is 18.7 Å². The number of amides is 2. The van der Waals surface area contributed by atoms with Gasteiger partial charge in [0.15, 0.2) is 10.9 Å². The van der Waals surface area contributed by atoms with Crippen molar-refractivity contribution in [3.05, 3.63) is 63.9 Å². The van der Waals surface area contributed by atoms with E-state index in [-0.39, 0.29) is 18.4 Å². The Morgan fingerprint density at radius 3 is 2.58 bits per heavy atom. The second-order valence-corrected chi connectivity index (χ2v) is 8.47. The van der Waals surface area contributed by atoms with Crippen LogP contribution in [0.25, 0.3) is 0 Å². The molecule has 3 aromatic rings. The quantitative estimate of drug-likeness (QED) is 0.520. The van der Waals surface area contributed by atoms with Crippen LogP contribution in [0.15, 0.2) is 30.6 Å². The van der Waals surface area contributed by atoms with Gasteiger partial charge in [-0.05, 0) is 36.6 Å². The number of rotatable bonds is 7. The summed E-state index contributed by atoms with van der Waals surface area (Å²) in [5.74, 6) is -1.38. The molecule has 1 saturated heterocycles. The van der Waals surface area contributed by atoms with Crippen LogP contribution in [-0.2, 0) is 20.0 Å². The Bertz CT molecular complexity index is 1120. The molecule has 1 fully saturated rings. The van der Waals surface area contributed by atoms with Gasteiger partial charge in [-0.2, -0.15) is 5.10 Å². The third-order valence-electron chi connectivity index (χ3n) is 5.06. The van der Waals surface area contributed by atoms with Gasteiger partial charge in [0.05, 0.1) is 16.8 Å². The first kappa shape index (κ1) is 21.1. The lowest BCUT2D eigenvalue weighted by molar-refractivity contribution is 0.0986. The normalized spacial score (nSPS) is 14.0. The number of benzene rings is 1. The topological polar surface area (TPSA) is 71.3 Å². The van der Waals surface area contributed by atoms with E-state index in [0.717, 1.165) is 11.6 Å². The lowest BCUT2D eigenvalue weighted by atomic mass is 10.1. The smallest absolute Gasteiger partial charge is 0.318 e. The molecule has 1 aromatic carbocycles. The summed E-state index contributed by atoms with van der Waals surface area (Å²) in [6.07, 6.45) is 4.53. The number of Topliss-reactive ketones (excluding diaryl/α,β-unsaturated/α-hetero) is 1. The summed E-state index contributed by atoms with van der Waals surface area (Å²) in [5.41, 5.74) is 1.96. The van der Waals surface area contributed by atoms with Gasteiger partial charge in [0.25, 0.3) is 0 Å². The number of aromatic nitrogens is 3. The molecule has 0 bridgehead atoms. The lowest BCUT2D eigenvalue weighted by Gasteiger charge is -2.17. The molecule has 10 heteroatoms. The maximum atomic E-state index is 13.4. The van der Waals surface area contributed by atoms with Gasteiger partial charge in [-0.1, -0.05) is 11.3 Å². The third-order valence-corrected chi connectivity index (χ3v) is 6.28. The number of ketones is 1. The van der Waals surface area contributed by atoms with Crippen molar-refractivity contribution in [2.45, 2.75) is 26.3 Å². The Balaban J connectivity index is 1.43. The number of carbonyl (C=O) groups is 2. The Hall–Kier alpha value is -3.14. The zero-order valence-corrected chi connectivity index (χ0v) is 18.0. The molecule has 162 valence electrons. The first-order chi connectivity index (χ1) is 14.8. The molecule has 0 radical (unpaired) electrons. The third kappa shape index (κ3) is 4.63. The Labute approximate surface area is 181 Å². The molecule has 0 N–H and O–H groups in total. The second kappa shape index (κ2) is 8.54. The molecule has 0 spiro atoms. The van der Waals surface area contributed by atoms with E-state index < -0.39 is 11.6 Å². The number of carbonyl (C=O) groups excluding carboxylic acids is 2. The highest BCUT2D eigenvalue weighted by Gasteiger charge is 2.32. The number of hydrogen-bond donors (Lipinski definition) is 0. The number of anilines is 1. The van der Waals surface area contributed by atoms with E-state index in [0.29, 0.717) is 47.2 Å². The van der Waals surface area contributed by atoms with Crippen molar-refractivity contribution in [1.29, 1.82) is 0 Å². The van der Waals surface area contributed by atoms with Crippen molar-refractivity contribution in [2.75, 3.05) is 18.0 Å². The van der Waals surface area contributed by atoms with Crippen LogP contribution in [0, 0.1) is 18.6 Å². The van der Waals surface area contributed by atoms with Crippen LogP contribution in [0.5, 0.6) is 0 Å². The van der Waals surface area contributed by atoms with Crippen molar-refractivity contribution < 1.29 is 18.4 Å². The number of aryl methyl sites for hydroxylation is 3. The number of thiazole rings is 1. The molecule has 0 saturated carbocycles. The average Bonchev–Trinajstić information content (AvgIpc) is 3.39. The van der Waals surface area contributed by atoms with Crippen molar-refractivity contribution in [3.63, 3.8) is 0 Å². The zero-order chi connectivity index (χ0) is 22.1. The van der Waals surface area contributed by atoms with Gasteiger partial charge in [0.2, 0.25) is 0 Å². The van der Waals surface area contributed by atoms with E-state index in [1.54, 1.807) is 17.8 Å². The summed E-state index contributed by atoms with van der Waals surface area (Å²) in [7, 11) is 1.83. The number of nitrogens with zero attached hydrogens (tertiary/aromatic N) is 5. The molecule has 7 nitrogen and oxygen atoms in total. The highest BCUT2D eigenvalue weighted by molar-refractivity contribution is 7.17. The summed E-state index contributed by atoms with van der Waals surface area (Å²) in [6.45, 7) is 2.66. The first-order valence-corrected chi connectivity index (χ1v) is 10.6. The van der Waals surface area contributed by atoms with E-state index in [9.17, 15) is 18.4 Å². The van der Waals surface area contributed by atoms with Crippen molar-refractivity contribution in [3.8, 4) is 0 Å². The van der Waals surface area contributed by atoms with E-state index in [4.69, 9.17) is 0 Å². The first-order valence-electron chi connectivity index (χ1n) is 9.79. The summed E-state index contributed by atoms with van der Waals surface area (Å²) in [5, 5.41) is 4.56. The Kier molecular flexibility index (Phi) is 5.81. The fourth-order valence-corrected chi connectivity index (χ4v) is 4.61. The van der Waals surface area contributed by atoms with Crippen LogP contribution >= 0.6 is 11.3 Å². The molecule has 0 atom stereocenters. The van der Waals surface area contributed by atoms with E-state index in [2.05, 4.69) is 10.1 Å². The average molecular weight is 445 g/mol. The van der Waals surface area contributed by atoms with Crippen LogP contribution in [0.1, 0.15) is 32.9 Å². The summed E-state index contributed by atoms with van der Waals surface area (Å²) < 4.78 is 28.6. The zero-order valence-electron chi connectivity index (χ0n) is 17.1. The molecule has 2 amide bonds. The van der Waals surface area contributed by atoms with Gasteiger partial charge in [-0.25, -0.2) is 18.6 Å². The molecular formula is C21H21F2N5O2S. The van der Waals surface area contributed by atoms with Crippen LogP contribution in [0.3, 0.4) is 0 Å². The molecule has 31 heavy (non-hydrogen) atoms. The second-order valence-electron chi connectivity index (χ2n) is 7.49. The largest absolute Gasteiger partial charge is 0.326 e.